The molecular weight excluding hydrogens is 296 g/mol. The van der Waals surface area contributed by atoms with E-state index < -0.39 is 0 Å². The summed E-state index contributed by atoms with van der Waals surface area (Å²) >= 11 is 1.64. The maximum Gasteiger partial charge on any atom is 0.244 e. The minimum atomic E-state index is 0.183. The van der Waals surface area contributed by atoms with Crippen LogP contribution in [0, 0.1) is 5.92 Å². The molecule has 0 aliphatic carbocycles. The summed E-state index contributed by atoms with van der Waals surface area (Å²) in [6.07, 6.45) is 0. The monoisotopic (exact) mass is 320 g/mol. The van der Waals surface area contributed by atoms with E-state index in [9.17, 15) is 0 Å². The molecule has 0 N–H and O–H groups in total. The van der Waals surface area contributed by atoms with E-state index in [4.69, 9.17) is 4.52 Å². The number of thiophene rings is 1. The van der Waals surface area contributed by atoms with Crippen molar-refractivity contribution in [3.05, 3.63) is 23.4 Å². The third kappa shape index (κ3) is 3.56. The van der Waals surface area contributed by atoms with E-state index in [1.807, 2.05) is 17.5 Å². The van der Waals surface area contributed by atoms with E-state index in [2.05, 4.69) is 40.7 Å². The number of rotatable bonds is 5. The molecule has 5 nitrogen and oxygen atoms in total. The Hall–Kier alpha value is -1.24. The van der Waals surface area contributed by atoms with Gasteiger partial charge in [0.05, 0.1) is 10.9 Å². The molecule has 3 heterocycles. The molecule has 1 saturated heterocycles. The van der Waals surface area contributed by atoms with Gasteiger partial charge < -0.3 is 9.42 Å². The van der Waals surface area contributed by atoms with Gasteiger partial charge in [-0.15, -0.1) is 11.3 Å². The molecule has 0 radical (unpaired) electrons. The number of hydrogen-bond acceptors (Lipinski definition) is 6. The first kappa shape index (κ1) is 15.6. The molecule has 0 saturated carbocycles. The number of hydrogen-bond donors (Lipinski definition) is 0. The van der Waals surface area contributed by atoms with Crippen molar-refractivity contribution in [1.82, 2.24) is 19.9 Å². The zero-order chi connectivity index (χ0) is 15.5. The fourth-order valence-corrected chi connectivity index (χ4v) is 3.57. The second-order valence-corrected chi connectivity index (χ2v) is 7.29. The van der Waals surface area contributed by atoms with Gasteiger partial charge >= 0.3 is 0 Å². The Kier molecular flexibility index (Phi) is 4.90. The average Bonchev–Trinajstić information content (AvgIpc) is 3.18. The summed E-state index contributed by atoms with van der Waals surface area (Å²) in [6.45, 7) is 12.3. The van der Waals surface area contributed by atoms with Crippen LogP contribution in [0.25, 0.3) is 10.7 Å². The molecule has 1 unspecified atom stereocenters. The van der Waals surface area contributed by atoms with Crippen molar-refractivity contribution < 1.29 is 4.52 Å². The molecule has 120 valence electrons. The lowest BCUT2D eigenvalue weighted by molar-refractivity contribution is 0.0821. The summed E-state index contributed by atoms with van der Waals surface area (Å²) in [7, 11) is 0. The molecule has 0 aromatic carbocycles. The average molecular weight is 320 g/mol. The molecule has 6 heteroatoms. The van der Waals surface area contributed by atoms with E-state index in [1.165, 1.54) is 6.54 Å². The van der Waals surface area contributed by atoms with Crippen LogP contribution >= 0.6 is 11.3 Å². The van der Waals surface area contributed by atoms with Gasteiger partial charge in [-0.25, -0.2) is 0 Å². The van der Waals surface area contributed by atoms with Crippen LogP contribution in [0.4, 0.5) is 0 Å². The van der Waals surface area contributed by atoms with Crippen molar-refractivity contribution in [1.29, 1.82) is 0 Å². The smallest absolute Gasteiger partial charge is 0.244 e. The molecule has 22 heavy (non-hydrogen) atoms. The van der Waals surface area contributed by atoms with Crippen LogP contribution in [0.15, 0.2) is 22.0 Å². The maximum absolute atomic E-state index is 5.49. The van der Waals surface area contributed by atoms with Gasteiger partial charge in [0.25, 0.3) is 0 Å². The Balaban J connectivity index is 1.59. The fraction of sp³-hybridized carbons (Fsp3) is 0.625. The van der Waals surface area contributed by atoms with Crippen molar-refractivity contribution in [2.45, 2.75) is 26.8 Å². The first-order chi connectivity index (χ1) is 10.6. The van der Waals surface area contributed by atoms with Crippen LogP contribution in [0.1, 0.15) is 32.7 Å². The van der Waals surface area contributed by atoms with Crippen LogP contribution in [0.2, 0.25) is 0 Å². The normalized spacial score (nSPS) is 18.9. The lowest BCUT2D eigenvalue weighted by atomic mass is 10.1. The molecule has 1 atom stereocenters. The highest BCUT2D eigenvalue weighted by atomic mass is 32.1. The summed E-state index contributed by atoms with van der Waals surface area (Å²) in [5.74, 6) is 2.16. The van der Waals surface area contributed by atoms with Gasteiger partial charge in [-0.1, -0.05) is 25.1 Å². The zero-order valence-electron chi connectivity index (χ0n) is 13.5. The van der Waals surface area contributed by atoms with Crippen LogP contribution < -0.4 is 0 Å². The first-order valence-electron chi connectivity index (χ1n) is 7.97. The number of nitrogens with zero attached hydrogens (tertiary/aromatic N) is 4. The molecule has 2 aromatic heterocycles. The van der Waals surface area contributed by atoms with Crippen LogP contribution in [-0.2, 0) is 0 Å². The zero-order valence-corrected chi connectivity index (χ0v) is 14.3. The maximum atomic E-state index is 5.49. The van der Waals surface area contributed by atoms with Crippen LogP contribution in [-0.4, -0.2) is 52.7 Å². The van der Waals surface area contributed by atoms with Crippen molar-refractivity contribution in [3.8, 4) is 10.7 Å². The van der Waals surface area contributed by atoms with Gasteiger partial charge in [0.1, 0.15) is 0 Å². The van der Waals surface area contributed by atoms with Crippen molar-refractivity contribution in [2.75, 3.05) is 32.7 Å². The molecule has 0 amide bonds. The topological polar surface area (TPSA) is 45.4 Å². The highest BCUT2D eigenvalue weighted by Crippen LogP contribution is 2.25. The summed E-state index contributed by atoms with van der Waals surface area (Å²) in [5, 5.41) is 6.15. The van der Waals surface area contributed by atoms with E-state index in [1.54, 1.807) is 11.3 Å². The van der Waals surface area contributed by atoms with Crippen LogP contribution in [0.5, 0.6) is 0 Å². The van der Waals surface area contributed by atoms with E-state index in [0.29, 0.717) is 5.82 Å². The molecular formula is C16H24N4OS. The Morgan fingerprint density at radius 2 is 2.00 bits per heavy atom. The summed E-state index contributed by atoms with van der Waals surface area (Å²) in [5.41, 5.74) is 0. The van der Waals surface area contributed by atoms with Gasteiger partial charge in [-0.3, -0.25) is 4.90 Å². The van der Waals surface area contributed by atoms with E-state index >= 15 is 0 Å². The standard InChI is InChI=1S/C16H24N4OS/c1-12(2)11-19-6-8-20(9-7-19)13(3)16-17-15(18-21-16)14-5-4-10-22-14/h4-5,10,12-13H,6-9,11H2,1-3H3. The second kappa shape index (κ2) is 6.89. The molecule has 1 aliphatic rings. The Labute approximate surface area is 135 Å². The lowest BCUT2D eigenvalue weighted by Crippen LogP contribution is -2.48. The molecule has 1 fully saturated rings. The van der Waals surface area contributed by atoms with Gasteiger partial charge in [0, 0.05) is 32.7 Å². The van der Waals surface area contributed by atoms with Gasteiger partial charge in [0.15, 0.2) is 0 Å². The summed E-state index contributed by atoms with van der Waals surface area (Å²) in [6, 6.07) is 4.21. The summed E-state index contributed by atoms with van der Waals surface area (Å²) in [4.78, 5) is 10.6. The lowest BCUT2D eigenvalue weighted by Gasteiger charge is -2.37. The van der Waals surface area contributed by atoms with Gasteiger partial charge in [-0.2, -0.15) is 4.98 Å². The van der Waals surface area contributed by atoms with Crippen LogP contribution in [0.3, 0.4) is 0 Å². The van der Waals surface area contributed by atoms with Crippen molar-refractivity contribution in [2.24, 2.45) is 5.92 Å². The molecule has 0 spiro atoms. The molecule has 0 bridgehead atoms. The van der Waals surface area contributed by atoms with Gasteiger partial charge in [0.2, 0.25) is 11.7 Å². The molecule has 3 rings (SSSR count). The Morgan fingerprint density at radius 3 is 2.64 bits per heavy atom. The predicted molar refractivity (Wildman–Crippen MR) is 88.9 cm³/mol. The quantitative estimate of drug-likeness (QED) is 0.847. The summed E-state index contributed by atoms with van der Waals surface area (Å²) < 4.78 is 5.49. The van der Waals surface area contributed by atoms with Crippen molar-refractivity contribution in [3.63, 3.8) is 0 Å². The minimum absolute atomic E-state index is 0.183. The molecule has 2 aromatic rings. The largest absolute Gasteiger partial charge is 0.337 e. The minimum Gasteiger partial charge on any atom is -0.337 e. The first-order valence-corrected chi connectivity index (χ1v) is 8.85. The SMILES string of the molecule is CC(C)CN1CCN(C(C)c2nc(-c3cccs3)no2)CC1. The highest BCUT2D eigenvalue weighted by Gasteiger charge is 2.26. The van der Waals surface area contributed by atoms with Gasteiger partial charge in [-0.05, 0) is 24.3 Å². The second-order valence-electron chi connectivity index (χ2n) is 6.34. The van der Waals surface area contributed by atoms with Crippen molar-refractivity contribution >= 4 is 11.3 Å². The third-order valence-electron chi connectivity index (χ3n) is 4.12. The molecule has 1 aliphatic heterocycles. The fourth-order valence-electron chi connectivity index (χ4n) is 2.92. The highest BCUT2D eigenvalue weighted by molar-refractivity contribution is 7.13. The van der Waals surface area contributed by atoms with E-state index in [0.717, 1.165) is 42.9 Å². The Morgan fingerprint density at radius 1 is 1.23 bits per heavy atom. The Bertz CT molecular complexity index is 573. The predicted octanol–water partition coefficient (Wildman–Crippen LogP) is 3.13. The van der Waals surface area contributed by atoms with E-state index in [-0.39, 0.29) is 6.04 Å². The third-order valence-corrected chi connectivity index (χ3v) is 4.98. The number of aromatic nitrogens is 2. The number of piperazine rings is 1.